The molecule has 0 spiro atoms. The normalized spacial score (nSPS) is 18.5. The van der Waals surface area contributed by atoms with Crippen molar-refractivity contribution in [2.45, 2.75) is 32.9 Å². The first-order valence-corrected chi connectivity index (χ1v) is 8.96. The van der Waals surface area contributed by atoms with Crippen LogP contribution in [0, 0.1) is 19.8 Å². The van der Waals surface area contributed by atoms with Crippen LogP contribution < -0.4 is 5.32 Å². The van der Waals surface area contributed by atoms with Gasteiger partial charge in [0, 0.05) is 6.54 Å². The van der Waals surface area contributed by atoms with Gasteiger partial charge in [0.15, 0.2) is 0 Å². The van der Waals surface area contributed by atoms with Gasteiger partial charge in [0.05, 0.1) is 35.2 Å². The van der Waals surface area contributed by atoms with E-state index >= 15 is 0 Å². The quantitative estimate of drug-likeness (QED) is 0.880. The summed E-state index contributed by atoms with van der Waals surface area (Å²) in [6.45, 7) is 3.18. The van der Waals surface area contributed by atoms with Crippen molar-refractivity contribution in [1.82, 2.24) is 14.7 Å². The number of piperidine rings is 1. The van der Waals surface area contributed by atoms with E-state index in [1.54, 1.807) is 11.6 Å². The number of hydrogen-bond acceptors (Lipinski definition) is 3. The molecule has 1 fully saturated rings. The number of nitrogens with one attached hydrogen (secondary N) is 1. The zero-order chi connectivity index (χ0) is 19.6. The topological polar surface area (TPSA) is 50.2 Å². The second-order valence-corrected chi connectivity index (χ2v) is 6.97. The van der Waals surface area contributed by atoms with Crippen molar-refractivity contribution in [2.75, 3.05) is 25.0 Å². The Morgan fingerprint density at radius 1 is 1.26 bits per heavy atom. The molecule has 1 aliphatic rings. The molecule has 5 nitrogen and oxygen atoms in total. The van der Waals surface area contributed by atoms with Crippen LogP contribution in [0.2, 0.25) is 0 Å². The Labute approximate surface area is 156 Å². The minimum absolute atomic E-state index is 0.121. The highest BCUT2D eigenvalue weighted by molar-refractivity contribution is 5.94. The zero-order valence-corrected chi connectivity index (χ0v) is 15.4. The van der Waals surface area contributed by atoms with E-state index in [1.807, 2.05) is 37.3 Å². The van der Waals surface area contributed by atoms with Gasteiger partial charge in [-0.2, -0.15) is 18.3 Å². The maximum Gasteiger partial charge on any atom is 0.401 e. The molecule has 0 bridgehead atoms. The lowest BCUT2D eigenvalue weighted by Crippen LogP contribution is -2.44. The Morgan fingerprint density at radius 2 is 1.96 bits per heavy atom. The molecular formula is C19H23F3N4O. The predicted molar refractivity (Wildman–Crippen MR) is 96.9 cm³/mol. The molecule has 8 heteroatoms. The number of carbonyl (C=O) groups is 1. The number of aromatic nitrogens is 2. The number of alkyl halides is 3. The average molecular weight is 380 g/mol. The van der Waals surface area contributed by atoms with Gasteiger partial charge in [-0.25, -0.2) is 4.68 Å². The summed E-state index contributed by atoms with van der Waals surface area (Å²) in [5.41, 5.74) is 2.96. The second-order valence-electron chi connectivity index (χ2n) is 6.97. The molecule has 1 N–H and O–H groups in total. The number of aryl methyl sites for hydroxylation is 1. The number of benzene rings is 1. The van der Waals surface area contributed by atoms with Crippen molar-refractivity contribution >= 4 is 11.6 Å². The second kappa shape index (κ2) is 7.72. The molecule has 1 saturated heterocycles. The lowest BCUT2D eigenvalue weighted by atomic mass is 9.97. The van der Waals surface area contributed by atoms with Gasteiger partial charge in [0.25, 0.3) is 0 Å². The summed E-state index contributed by atoms with van der Waals surface area (Å²) in [6, 6.07) is 9.55. The molecule has 0 saturated carbocycles. The lowest BCUT2D eigenvalue weighted by Gasteiger charge is -2.32. The minimum atomic E-state index is -4.25. The van der Waals surface area contributed by atoms with Crippen LogP contribution >= 0.6 is 0 Å². The Balaban J connectivity index is 1.72. The van der Waals surface area contributed by atoms with Crippen molar-refractivity contribution < 1.29 is 18.0 Å². The lowest BCUT2D eigenvalue weighted by molar-refractivity contribution is -0.151. The third-order valence-corrected chi connectivity index (χ3v) is 4.82. The summed E-state index contributed by atoms with van der Waals surface area (Å²) in [7, 11) is 0. The molecule has 27 heavy (non-hydrogen) atoms. The number of amides is 1. The Hall–Kier alpha value is -2.35. The molecule has 1 amide bonds. The van der Waals surface area contributed by atoms with Crippen LogP contribution in [0.15, 0.2) is 30.3 Å². The largest absolute Gasteiger partial charge is 0.401 e. The first-order chi connectivity index (χ1) is 12.7. The van der Waals surface area contributed by atoms with Crippen LogP contribution in [0.25, 0.3) is 5.69 Å². The van der Waals surface area contributed by atoms with Gasteiger partial charge in [-0.05, 0) is 45.4 Å². The van der Waals surface area contributed by atoms with Crippen LogP contribution in [-0.2, 0) is 4.79 Å². The van der Waals surface area contributed by atoms with Crippen molar-refractivity contribution in [1.29, 1.82) is 0 Å². The van der Waals surface area contributed by atoms with Crippen LogP contribution in [-0.4, -0.2) is 46.4 Å². The molecule has 1 aromatic carbocycles. The van der Waals surface area contributed by atoms with Gasteiger partial charge in [0.2, 0.25) is 5.91 Å². The Kier molecular flexibility index (Phi) is 5.55. The molecule has 1 aliphatic heterocycles. The molecule has 2 heterocycles. The van der Waals surface area contributed by atoms with E-state index in [1.165, 1.54) is 4.90 Å². The highest BCUT2D eigenvalue weighted by Crippen LogP contribution is 2.26. The number of carbonyl (C=O) groups excluding carboxylic acids is 1. The number of nitrogens with zero attached hydrogens (tertiary/aromatic N) is 3. The monoisotopic (exact) mass is 380 g/mol. The predicted octanol–water partition coefficient (Wildman–Crippen LogP) is 3.70. The molecular weight excluding hydrogens is 357 g/mol. The molecule has 1 aromatic heterocycles. The van der Waals surface area contributed by atoms with Crippen LogP contribution in [0.5, 0.6) is 0 Å². The van der Waals surface area contributed by atoms with E-state index < -0.39 is 18.6 Å². The summed E-state index contributed by atoms with van der Waals surface area (Å²) in [5, 5.41) is 7.38. The summed E-state index contributed by atoms with van der Waals surface area (Å²) < 4.78 is 39.6. The molecule has 3 rings (SSSR count). The SMILES string of the molecule is Cc1nn(-c2ccccc2)c(C)c1NC(=O)C1CCCN(CC(F)(F)F)C1. The van der Waals surface area contributed by atoms with Crippen LogP contribution in [0.4, 0.5) is 18.9 Å². The molecule has 0 aliphatic carbocycles. The van der Waals surface area contributed by atoms with Gasteiger partial charge in [-0.15, -0.1) is 0 Å². The number of rotatable bonds is 4. The molecule has 1 unspecified atom stereocenters. The van der Waals surface area contributed by atoms with E-state index in [0.29, 0.717) is 30.8 Å². The standard InChI is InChI=1S/C19H23F3N4O/c1-13-17(14(2)26(24-13)16-8-4-3-5-9-16)23-18(27)15-7-6-10-25(11-15)12-19(20,21)22/h3-5,8-9,15H,6-7,10-12H2,1-2H3,(H,23,27). The summed E-state index contributed by atoms with van der Waals surface area (Å²) in [4.78, 5) is 14.0. The molecule has 1 atom stereocenters. The molecule has 146 valence electrons. The van der Waals surface area contributed by atoms with E-state index in [2.05, 4.69) is 10.4 Å². The summed E-state index contributed by atoms with van der Waals surface area (Å²) >= 11 is 0. The highest BCUT2D eigenvalue weighted by Gasteiger charge is 2.35. The third kappa shape index (κ3) is 4.68. The van der Waals surface area contributed by atoms with Crippen molar-refractivity contribution in [3.63, 3.8) is 0 Å². The fourth-order valence-corrected chi connectivity index (χ4v) is 3.54. The van der Waals surface area contributed by atoms with Gasteiger partial charge >= 0.3 is 6.18 Å². The van der Waals surface area contributed by atoms with Crippen LogP contribution in [0.3, 0.4) is 0 Å². The number of para-hydroxylation sites is 1. The third-order valence-electron chi connectivity index (χ3n) is 4.82. The van der Waals surface area contributed by atoms with E-state index in [-0.39, 0.29) is 12.5 Å². The molecule has 0 radical (unpaired) electrons. The average Bonchev–Trinajstić information content (AvgIpc) is 2.89. The van der Waals surface area contributed by atoms with Crippen LogP contribution in [0.1, 0.15) is 24.2 Å². The fraction of sp³-hybridized carbons (Fsp3) is 0.474. The number of hydrogen-bond donors (Lipinski definition) is 1. The maximum absolute atomic E-state index is 12.7. The van der Waals surface area contributed by atoms with Gasteiger partial charge in [-0.3, -0.25) is 9.69 Å². The van der Waals surface area contributed by atoms with Crippen molar-refractivity contribution in [3.8, 4) is 5.69 Å². The van der Waals surface area contributed by atoms with Crippen molar-refractivity contribution in [3.05, 3.63) is 41.7 Å². The maximum atomic E-state index is 12.7. The van der Waals surface area contributed by atoms with E-state index in [4.69, 9.17) is 0 Å². The van der Waals surface area contributed by atoms with E-state index in [9.17, 15) is 18.0 Å². The first-order valence-electron chi connectivity index (χ1n) is 8.96. The Morgan fingerprint density at radius 3 is 2.63 bits per heavy atom. The minimum Gasteiger partial charge on any atom is -0.323 e. The van der Waals surface area contributed by atoms with Gasteiger partial charge in [0.1, 0.15) is 0 Å². The Bertz CT molecular complexity index is 801. The number of likely N-dealkylation sites (tertiary alicyclic amines) is 1. The summed E-state index contributed by atoms with van der Waals surface area (Å²) in [6.07, 6.45) is -3.08. The summed E-state index contributed by atoms with van der Waals surface area (Å²) in [5.74, 6) is -0.708. The van der Waals surface area contributed by atoms with Gasteiger partial charge in [-0.1, -0.05) is 18.2 Å². The highest BCUT2D eigenvalue weighted by atomic mass is 19.4. The van der Waals surface area contributed by atoms with Crippen molar-refractivity contribution in [2.24, 2.45) is 5.92 Å². The smallest absolute Gasteiger partial charge is 0.323 e. The number of anilines is 1. The fourth-order valence-electron chi connectivity index (χ4n) is 3.54. The molecule has 2 aromatic rings. The first kappa shape index (κ1) is 19.4. The number of halogens is 3. The van der Waals surface area contributed by atoms with Gasteiger partial charge < -0.3 is 5.32 Å². The van der Waals surface area contributed by atoms with E-state index in [0.717, 1.165) is 11.4 Å². The zero-order valence-electron chi connectivity index (χ0n) is 15.4.